The first kappa shape index (κ1) is 20.4. The Morgan fingerprint density at radius 2 is 1.83 bits per heavy atom. The lowest BCUT2D eigenvalue weighted by Crippen LogP contribution is -2.28. The van der Waals surface area contributed by atoms with E-state index in [-0.39, 0.29) is 11.9 Å². The number of aromatic nitrogens is 2. The SMILES string of the molecule is O=C(N[C@@H](C=Cc1cccc(Cl)c1)c1ccccc1)c1n[nH]c2c1CCCCCC2. The summed E-state index contributed by atoms with van der Waals surface area (Å²) in [5.41, 5.74) is 4.73. The second-order valence-corrected chi connectivity index (χ2v) is 8.16. The van der Waals surface area contributed by atoms with Crippen LogP contribution in [0.25, 0.3) is 6.08 Å². The summed E-state index contributed by atoms with van der Waals surface area (Å²) >= 11 is 6.11. The highest BCUT2D eigenvalue weighted by Crippen LogP contribution is 2.23. The first-order valence-corrected chi connectivity index (χ1v) is 10.9. The quantitative estimate of drug-likeness (QED) is 0.540. The van der Waals surface area contributed by atoms with Gasteiger partial charge in [-0.05, 0) is 48.9 Å². The Balaban J connectivity index is 1.58. The van der Waals surface area contributed by atoms with Crippen LogP contribution in [0, 0.1) is 0 Å². The number of halogens is 1. The molecule has 1 amide bonds. The van der Waals surface area contributed by atoms with Gasteiger partial charge in [-0.3, -0.25) is 9.89 Å². The molecule has 0 spiro atoms. The molecule has 30 heavy (non-hydrogen) atoms. The van der Waals surface area contributed by atoms with Crippen molar-refractivity contribution in [2.24, 2.45) is 0 Å². The number of H-pyrrole nitrogens is 1. The molecule has 0 saturated heterocycles. The van der Waals surface area contributed by atoms with Gasteiger partial charge in [0.2, 0.25) is 0 Å². The first-order valence-electron chi connectivity index (χ1n) is 10.6. The number of aromatic amines is 1. The van der Waals surface area contributed by atoms with Crippen molar-refractivity contribution in [3.63, 3.8) is 0 Å². The summed E-state index contributed by atoms with van der Waals surface area (Å²) in [6, 6.07) is 17.3. The number of nitrogens with one attached hydrogen (secondary N) is 2. The van der Waals surface area contributed by atoms with Gasteiger partial charge in [0.25, 0.3) is 5.91 Å². The maximum absolute atomic E-state index is 13.2. The second kappa shape index (κ2) is 9.77. The van der Waals surface area contributed by atoms with E-state index >= 15 is 0 Å². The zero-order valence-electron chi connectivity index (χ0n) is 16.9. The molecule has 0 saturated carbocycles. The number of benzene rings is 2. The molecule has 1 heterocycles. The zero-order valence-corrected chi connectivity index (χ0v) is 17.7. The number of hydrogen-bond acceptors (Lipinski definition) is 2. The van der Waals surface area contributed by atoms with E-state index in [1.165, 1.54) is 12.8 Å². The molecule has 0 bridgehead atoms. The minimum absolute atomic E-state index is 0.141. The van der Waals surface area contributed by atoms with Gasteiger partial charge < -0.3 is 5.32 Å². The number of carbonyl (C=O) groups is 1. The molecule has 0 aliphatic heterocycles. The number of aryl methyl sites for hydroxylation is 1. The highest BCUT2D eigenvalue weighted by atomic mass is 35.5. The minimum atomic E-state index is -0.265. The molecule has 1 aliphatic carbocycles. The lowest BCUT2D eigenvalue weighted by atomic mass is 9.96. The molecule has 2 aromatic carbocycles. The lowest BCUT2D eigenvalue weighted by molar-refractivity contribution is 0.0938. The summed E-state index contributed by atoms with van der Waals surface area (Å²) in [5.74, 6) is -0.141. The fraction of sp³-hybridized carbons (Fsp3) is 0.280. The summed E-state index contributed by atoms with van der Waals surface area (Å²) in [6.07, 6.45) is 10.5. The van der Waals surface area contributed by atoms with Crippen molar-refractivity contribution in [2.45, 2.75) is 44.6 Å². The maximum atomic E-state index is 13.2. The van der Waals surface area contributed by atoms with Crippen LogP contribution in [0.5, 0.6) is 0 Å². The third-order valence-corrected chi connectivity index (χ3v) is 5.78. The van der Waals surface area contributed by atoms with Gasteiger partial charge in [0, 0.05) is 16.3 Å². The molecule has 0 unspecified atom stereocenters. The minimum Gasteiger partial charge on any atom is -0.340 e. The average molecular weight is 420 g/mol. The van der Waals surface area contributed by atoms with Crippen LogP contribution in [0.3, 0.4) is 0 Å². The maximum Gasteiger partial charge on any atom is 0.272 e. The van der Waals surface area contributed by atoms with Crippen LogP contribution in [0.1, 0.15) is 64.6 Å². The smallest absolute Gasteiger partial charge is 0.272 e. The van der Waals surface area contributed by atoms with Crippen LogP contribution in [0.15, 0.2) is 60.7 Å². The molecule has 0 fully saturated rings. The summed E-state index contributed by atoms with van der Waals surface area (Å²) in [4.78, 5) is 13.2. The van der Waals surface area contributed by atoms with E-state index in [1.54, 1.807) is 0 Å². The Kier molecular flexibility index (Phi) is 6.65. The van der Waals surface area contributed by atoms with E-state index in [1.807, 2.05) is 66.7 Å². The first-order chi connectivity index (χ1) is 14.7. The molecular weight excluding hydrogens is 394 g/mol. The third-order valence-electron chi connectivity index (χ3n) is 5.55. The number of hydrogen-bond donors (Lipinski definition) is 2. The van der Waals surface area contributed by atoms with E-state index < -0.39 is 0 Å². The normalized spacial score (nSPS) is 15.2. The molecule has 4 rings (SSSR count). The van der Waals surface area contributed by atoms with E-state index in [0.717, 1.165) is 48.1 Å². The van der Waals surface area contributed by atoms with E-state index in [9.17, 15) is 4.79 Å². The summed E-state index contributed by atoms with van der Waals surface area (Å²) in [5, 5.41) is 11.3. The van der Waals surface area contributed by atoms with Crippen LogP contribution in [0.4, 0.5) is 0 Å². The van der Waals surface area contributed by atoms with Crippen molar-refractivity contribution in [3.05, 3.63) is 93.8 Å². The lowest BCUT2D eigenvalue weighted by Gasteiger charge is -2.16. The number of rotatable bonds is 5. The summed E-state index contributed by atoms with van der Waals surface area (Å²) < 4.78 is 0. The zero-order chi connectivity index (χ0) is 20.8. The van der Waals surface area contributed by atoms with Gasteiger partial charge in [0.05, 0.1) is 6.04 Å². The van der Waals surface area contributed by atoms with Crippen molar-refractivity contribution in [1.82, 2.24) is 15.5 Å². The summed E-state index contributed by atoms with van der Waals surface area (Å²) in [7, 11) is 0. The van der Waals surface area contributed by atoms with Crippen molar-refractivity contribution in [2.75, 3.05) is 0 Å². The van der Waals surface area contributed by atoms with Crippen LogP contribution in [0.2, 0.25) is 5.02 Å². The Morgan fingerprint density at radius 1 is 1.03 bits per heavy atom. The number of nitrogens with zero attached hydrogens (tertiary/aromatic N) is 1. The fourth-order valence-corrected chi connectivity index (χ4v) is 4.15. The Labute approximate surface area is 182 Å². The van der Waals surface area contributed by atoms with E-state index in [2.05, 4.69) is 15.5 Å². The Morgan fingerprint density at radius 3 is 2.63 bits per heavy atom. The molecule has 5 heteroatoms. The molecule has 0 radical (unpaired) electrons. The highest BCUT2D eigenvalue weighted by molar-refractivity contribution is 6.30. The number of amides is 1. The van der Waals surface area contributed by atoms with Crippen LogP contribution in [-0.2, 0) is 12.8 Å². The number of fused-ring (bicyclic) bond motifs is 1. The van der Waals surface area contributed by atoms with Gasteiger partial charge in [-0.15, -0.1) is 0 Å². The van der Waals surface area contributed by atoms with Gasteiger partial charge in [0.15, 0.2) is 5.69 Å². The molecule has 1 aromatic heterocycles. The van der Waals surface area contributed by atoms with Crippen molar-refractivity contribution >= 4 is 23.6 Å². The van der Waals surface area contributed by atoms with Gasteiger partial charge in [0.1, 0.15) is 0 Å². The Bertz CT molecular complexity index is 1030. The molecule has 154 valence electrons. The largest absolute Gasteiger partial charge is 0.340 e. The van der Waals surface area contributed by atoms with Gasteiger partial charge in [-0.25, -0.2) is 0 Å². The van der Waals surface area contributed by atoms with Crippen molar-refractivity contribution in [1.29, 1.82) is 0 Å². The second-order valence-electron chi connectivity index (χ2n) is 7.72. The predicted molar refractivity (Wildman–Crippen MR) is 122 cm³/mol. The molecule has 3 aromatic rings. The van der Waals surface area contributed by atoms with Crippen LogP contribution < -0.4 is 5.32 Å². The monoisotopic (exact) mass is 419 g/mol. The molecule has 2 N–H and O–H groups in total. The predicted octanol–water partition coefficient (Wildman–Crippen LogP) is 5.91. The standard InChI is InChI=1S/C25H26ClN3O/c26-20-12-8-9-18(17-20)15-16-22(19-10-4-3-5-11-19)27-25(30)24-21-13-6-1-2-7-14-23(21)28-29-24/h3-5,8-12,15-17,22H,1-2,6-7,13-14H2,(H,27,30)(H,28,29)/t22-/m0/s1. The number of carbonyl (C=O) groups excluding carboxylic acids is 1. The highest BCUT2D eigenvalue weighted by Gasteiger charge is 2.22. The van der Waals surface area contributed by atoms with Crippen molar-refractivity contribution in [3.8, 4) is 0 Å². The Hall–Kier alpha value is -2.85. The van der Waals surface area contributed by atoms with Gasteiger partial charge in [-0.2, -0.15) is 5.10 Å². The van der Waals surface area contributed by atoms with E-state index in [0.29, 0.717) is 10.7 Å². The van der Waals surface area contributed by atoms with Gasteiger partial charge in [-0.1, -0.05) is 79.1 Å². The molecular formula is C25H26ClN3O. The molecule has 4 nitrogen and oxygen atoms in total. The fourth-order valence-electron chi connectivity index (χ4n) is 3.95. The van der Waals surface area contributed by atoms with Crippen molar-refractivity contribution < 1.29 is 4.79 Å². The molecule has 1 aliphatic rings. The van der Waals surface area contributed by atoms with Crippen LogP contribution in [-0.4, -0.2) is 16.1 Å². The van der Waals surface area contributed by atoms with Gasteiger partial charge >= 0.3 is 0 Å². The summed E-state index contributed by atoms with van der Waals surface area (Å²) in [6.45, 7) is 0. The topological polar surface area (TPSA) is 57.8 Å². The third kappa shape index (κ3) is 5.00. The van der Waals surface area contributed by atoms with Crippen LogP contribution >= 0.6 is 11.6 Å². The average Bonchev–Trinajstić information content (AvgIpc) is 3.13. The molecule has 1 atom stereocenters. The van der Waals surface area contributed by atoms with E-state index in [4.69, 9.17) is 11.6 Å².